The lowest BCUT2D eigenvalue weighted by molar-refractivity contribution is 0.0958. The summed E-state index contributed by atoms with van der Waals surface area (Å²) in [6.07, 6.45) is 10.4. The number of carbonyl (C=O) groups excluding carboxylic acids is 1. The van der Waals surface area contributed by atoms with E-state index in [2.05, 4.69) is 17.5 Å². The largest absolute Gasteiger partial charge is 0.486 e. The van der Waals surface area contributed by atoms with Crippen molar-refractivity contribution in [2.75, 3.05) is 26.3 Å². The number of likely N-dealkylation sites (tertiary alicyclic amines) is 1. The number of nitrogens with zero attached hydrogens (tertiary/aromatic N) is 1. The quantitative estimate of drug-likeness (QED) is 0.837. The molecule has 1 aromatic rings. The topological polar surface area (TPSA) is 50.8 Å². The molecule has 134 valence electrons. The Hall–Kier alpha value is -2.17. The van der Waals surface area contributed by atoms with Crippen molar-refractivity contribution in [1.82, 2.24) is 10.2 Å². The van der Waals surface area contributed by atoms with Crippen LogP contribution in [0.5, 0.6) is 11.5 Å². The minimum atomic E-state index is 0.0449. The van der Waals surface area contributed by atoms with Crippen molar-refractivity contribution in [2.45, 2.75) is 38.6 Å². The van der Waals surface area contributed by atoms with Gasteiger partial charge < -0.3 is 19.7 Å². The number of fused-ring (bicyclic) bond motifs is 1. The van der Waals surface area contributed by atoms with Gasteiger partial charge in [0.15, 0.2) is 11.5 Å². The summed E-state index contributed by atoms with van der Waals surface area (Å²) in [5.41, 5.74) is 1.34. The maximum Gasteiger partial charge on any atom is 0.317 e. The zero-order valence-corrected chi connectivity index (χ0v) is 14.6. The SMILES string of the molecule is O=C(NCc1ccc2c(c1)OCCO2)N1CCCC2(CC=CCC2)C1. The Morgan fingerprint density at radius 1 is 1.16 bits per heavy atom. The summed E-state index contributed by atoms with van der Waals surface area (Å²) in [5.74, 6) is 1.55. The van der Waals surface area contributed by atoms with Gasteiger partial charge in [-0.1, -0.05) is 18.2 Å². The van der Waals surface area contributed by atoms with Gasteiger partial charge in [-0.25, -0.2) is 4.79 Å². The second-order valence-electron chi connectivity index (χ2n) is 7.38. The first-order valence-corrected chi connectivity index (χ1v) is 9.30. The highest BCUT2D eigenvalue weighted by atomic mass is 16.6. The van der Waals surface area contributed by atoms with E-state index in [9.17, 15) is 4.79 Å². The Balaban J connectivity index is 1.35. The van der Waals surface area contributed by atoms with Gasteiger partial charge in [0.2, 0.25) is 0 Å². The molecule has 0 aromatic heterocycles. The number of hydrogen-bond donors (Lipinski definition) is 1. The highest BCUT2D eigenvalue weighted by Crippen LogP contribution is 2.40. The average Bonchev–Trinajstić information content (AvgIpc) is 2.66. The van der Waals surface area contributed by atoms with Crippen LogP contribution in [-0.2, 0) is 6.54 Å². The summed E-state index contributed by atoms with van der Waals surface area (Å²) in [7, 11) is 0. The predicted molar refractivity (Wildman–Crippen MR) is 95.9 cm³/mol. The van der Waals surface area contributed by atoms with Crippen LogP contribution in [-0.4, -0.2) is 37.2 Å². The normalized spacial score (nSPS) is 25.0. The summed E-state index contributed by atoms with van der Waals surface area (Å²) >= 11 is 0. The molecule has 25 heavy (non-hydrogen) atoms. The molecule has 1 N–H and O–H groups in total. The molecule has 2 heterocycles. The van der Waals surface area contributed by atoms with Gasteiger partial charge in [-0.15, -0.1) is 0 Å². The second kappa shape index (κ2) is 6.98. The Kier molecular flexibility index (Phi) is 4.55. The third kappa shape index (κ3) is 3.60. The van der Waals surface area contributed by atoms with Crippen molar-refractivity contribution < 1.29 is 14.3 Å². The molecule has 1 fully saturated rings. The van der Waals surface area contributed by atoms with E-state index in [1.807, 2.05) is 23.1 Å². The number of rotatable bonds is 2. The summed E-state index contributed by atoms with van der Waals surface area (Å²) < 4.78 is 11.1. The van der Waals surface area contributed by atoms with E-state index in [4.69, 9.17) is 9.47 Å². The highest BCUT2D eigenvalue weighted by Gasteiger charge is 2.36. The number of urea groups is 1. The number of carbonyl (C=O) groups is 1. The lowest BCUT2D eigenvalue weighted by Crippen LogP contribution is -2.49. The molecule has 0 saturated carbocycles. The van der Waals surface area contributed by atoms with Gasteiger partial charge in [-0.05, 0) is 55.2 Å². The van der Waals surface area contributed by atoms with Gasteiger partial charge in [0.25, 0.3) is 0 Å². The fraction of sp³-hybridized carbons (Fsp3) is 0.550. The third-order valence-electron chi connectivity index (χ3n) is 5.56. The molecule has 2 amide bonds. The Morgan fingerprint density at radius 3 is 2.88 bits per heavy atom. The van der Waals surface area contributed by atoms with Gasteiger partial charge >= 0.3 is 6.03 Å². The molecule has 1 saturated heterocycles. The number of benzene rings is 1. The monoisotopic (exact) mass is 342 g/mol. The minimum Gasteiger partial charge on any atom is -0.486 e. The van der Waals surface area contributed by atoms with E-state index in [0.29, 0.717) is 25.2 Å². The summed E-state index contributed by atoms with van der Waals surface area (Å²) in [6, 6.07) is 5.90. The maximum atomic E-state index is 12.6. The number of ether oxygens (including phenoxy) is 2. The van der Waals surface area contributed by atoms with Gasteiger partial charge in [0, 0.05) is 19.6 Å². The lowest BCUT2D eigenvalue weighted by atomic mass is 9.71. The zero-order chi connectivity index (χ0) is 17.1. The molecule has 4 rings (SSSR count). The summed E-state index contributed by atoms with van der Waals surface area (Å²) in [4.78, 5) is 14.6. The molecule has 2 aliphatic heterocycles. The van der Waals surface area contributed by atoms with Crippen LogP contribution in [0.1, 0.15) is 37.7 Å². The Bertz CT molecular complexity index is 673. The van der Waals surface area contributed by atoms with E-state index < -0.39 is 0 Å². The maximum absolute atomic E-state index is 12.6. The highest BCUT2D eigenvalue weighted by molar-refractivity contribution is 5.74. The van der Waals surface area contributed by atoms with E-state index >= 15 is 0 Å². The fourth-order valence-electron chi connectivity index (χ4n) is 4.18. The smallest absolute Gasteiger partial charge is 0.317 e. The predicted octanol–water partition coefficient (Wildman–Crippen LogP) is 3.49. The molecular formula is C20H26N2O3. The molecule has 3 aliphatic rings. The second-order valence-corrected chi connectivity index (χ2v) is 7.38. The zero-order valence-electron chi connectivity index (χ0n) is 14.6. The first kappa shape index (κ1) is 16.3. The van der Waals surface area contributed by atoms with Crippen LogP contribution in [0.25, 0.3) is 0 Å². The van der Waals surface area contributed by atoms with Crippen molar-refractivity contribution in [1.29, 1.82) is 0 Å². The van der Waals surface area contributed by atoms with Crippen LogP contribution in [0.15, 0.2) is 30.4 Å². The Labute approximate surface area is 149 Å². The number of nitrogens with one attached hydrogen (secondary N) is 1. The number of allylic oxidation sites excluding steroid dienone is 2. The van der Waals surface area contributed by atoms with E-state index in [0.717, 1.165) is 49.4 Å². The van der Waals surface area contributed by atoms with Crippen LogP contribution in [0.4, 0.5) is 4.79 Å². The van der Waals surface area contributed by atoms with Crippen LogP contribution in [0.2, 0.25) is 0 Å². The van der Waals surface area contributed by atoms with Crippen molar-refractivity contribution in [3.05, 3.63) is 35.9 Å². The minimum absolute atomic E-state index is 0.0449. The molecule has 1 aromatic carbocycles. The Morgan fingerprint density at radius 2 is 2.04 bits per heavy atom. The number of piperidine rings is 1. The average molecular weight is 342 g/mol. The van der Waals surface area contributed by atoms with Crippen LogP contribution in [0.3, 0.4) is 0 Å². The van der Waals surface area contributed by atoms with Gasteiger partial charge in [-0.2, -0.15) is 0 Å². The van der Waals surface area contributed by atoms with E-state index in [-0.39, 0.29) is 6.03 Å². The molecule has 5 nitrogen and oxygen atoms in total. The lowest BCUT2D eigenvalue weighted by Gasteiger charge is -2.43. The third-order valence-corrected chi connectivity index (χ3v) is 5.56. The van der Waals surface area contributed by atoms with Crippen molar-refractivity contribution in [3.8, 4) is 11.5 Å². The first-order chi connectivity index (χ1) is 12.2. The van der Waals surface area contributed by atoms with Crippen LogP contribution < -0.4 is 14.8 Å². The molecule has 0 radical (unpaired) electrons. The van der Waals surface area contributed by atoms with Crippen LogP contribution in [0, 0.1) is 5.41 Å². The molecule has 0 bridgehead atoms. The van der Waals surface area contributed by atoms with Crippen molar-refractivity contribution in [2.24, 2.45) is 5.41 Å². The van der Waals surface area contributed by atoms with Crippen molar-refractivity contribution >= 4 is 6.03 Å². The fourth-order valence-corrected chi connectivity index (χ4v) is 4.18. The van der Waals surface area contributed by atoms with Crippen LogP contribution >= 0.6 is 0 Å². The molecule has 5 heteroatoms. The molecule has 1 spiro atoms. The molecule has 1 atom stereocenters. The molecular weight excluding hydrogens is 316 g/mol. The number of hydrogen-bond acceptors (Lipinski definition) is 3. The summed E-state index contributed by atoms with van der Waals surface area (Å²) in [6.45, 7) is 3.42. The van der Waals surface area contributed by atoms with Gasteiger partial charge in [0.05, 0.1) is 0 Å². The van der Waals surface area contributed by atoms with E-state index in [1.54, 1.807) is 0 Å². The van der Waals surface area contributed by atoms with Crippen molar-refractivity contribution in [3.63, 3.8) is 0 Å². The summed E-state index contributed by atoms with van der Waals surface area (Å²) in [5, 5.41) is 3.07. The van der Waals surface area contributed by atoms with Gasteiger partial charge in [0.1, 0.15) is 13.2 Å². The number of amides is 2. The van der Waals surface area contributed by atoms with Gasteiger partial charge in [-0.3, -0.25) is 0 Å². The van der Waals surface area contributed by atoms with E-state index in [1.165, 1.54) is 12.8 Å². The molecule has 1 aliphatic carbocycles. The molecule has 1 unspecified atom stereocenters. The first-order valence-electron chi connectivity index (χ1n) is 9.30. The standard InChI is InChI=1S/C20H26N2O3/c23-19(22-10-4-9-20(15-22)7-2-1-3-8-20)21-14-16-5-6-17-18(13-16)25-12-11-24-17/h1-2,5-6,13H,3-4,7-12,14-15H2,(H,21,23).